The van der Waals surface area contributed by atoms with Gasteiger partial charge in [0.05, 0.1) is 0 Å². The van der Waals surface area contributed by atoms with Gasteiger partial charge >= 0.3 is 0 Å². The van der Waals surface area contributed by atoms with Crippen LogP contribution in [0.25, 0.3) is 0 Å². The third-order valence-corrected chi connectivity index (χ3v) is 7.12. The number of sulfonamides is 1. The van der Waals surface area contributed by atoms with Gasteiger partial charge in [0.1, 0.15) is 4.21 Å². The van der Waals surface area contributed by atoms with Gasteiger partial charge in [-0.25, -0.2) is 8.42 Å². The zero-order valence-corrected chi connectivity index (χ0v) is 13.5. The van der Waals surface area contributed by atoms with Gasteiger partial charge in [0.25, 0.3) is 10.0 Å². The quantitative estimate of drug-likeness (QED) is 0.871. The van der Waals surface area contributed by atoms with E-state index in [4.69, 9.17) is 0 Å². The summed E-state index contributed by atoms with van der Waals surface area (Å²) in [6.07, 6.45) is 0. The highest BCUT2D eigenvalue weighted by Gasteiger charge is 2.33. The highest BCUT2D eigenvalue weighted by molar-refractivity contribution is 7.91. The fourth-order valence-electron chi connectivity index (χ4n) is 2.64. The van der Waals surface area contributed by atoms with Crippen LogP contribution in [0.15, 0.2) is 52.1 Å². The van der Waals surface area contributed by atoms with Crippen LogP contribution < -0.4 is 0 Å². The Hall–Kier alpha value is -1.21. The summed E-state index contributed by atoms with van der Waals surface area (Å²) in [4.78, 5) is 2.22. The van der Waals surface area contributed by atoms with E-state index in [-0.39, 0.29) is 6.04 Å². The first kappa shape index (κ1) is 14.7. The molecule has 1 fully saturated rings. The average Bonchev–Trinajstić information content (AvgIpc) is 3.03. The van der Waals surface area contributed by atoms with Gasteiger partial charge in [-0.3, -0.25) is 4.90 Å². The molecule has 0 saturated carbocycles. The van der Waals surface area contributed by atoms with Gasteiger partial charge in [0.2, 0.25) is 0 Å². The molecule has 0 spiro atoms. The Morgan fingerprint density at radius 2 is 1.86 bits per heavy atom. The topological polar surface area (TPSA) is 40.6 Å². The van der Waals surface area contributed by atoms with E-state index < -0.39 is 10.0 Å². The van der Waals surface area contributed by atoms with Crippen LogP contribution in [0, 0.1) is 0 Å². The van der Waals surface area contributed by atoms with E-state index in [0.717, 1.165) is 12.1 Å². The fraction of sp³-hybridized carbons (Fsp3) is 0.333. The molecule has 6 heteroatoms. The lowest BCUT2D eigenvalue weighted by molar-refractivity contribution is 0.148. The van der Waals surface area contributed by atoms with E-state index >= 15 is 0 Å². The summed E-state index contributed by atoms with van der Waals surface area (Å²) >= 11 is 1.28. The minimum absolute atomic E-state index is 0.106. The molecule has 1 aliphatic rings. The standard InChI is InChI=1S/C15H18N2O2S2/c1-16-9-10-17(21(18,19)15-8-5-11-20-15)12-14(16)13-6-3-2-4-7-13/h2-8,11,14H,9-10,12H2,1H3/t14-/m1/s1. The van der Waals surface area contributed by atoms with E-state index in [0.29, 0.717) is 17.3 Å². The van der Waals surface area contributed by atoms with Crippen molar-refractivity contribution in [2.75, 3.05) is 26.7 Å². The molecule has 0 bridgehead atoms. The summed E-state index contributed by atoms with van der Waals surface area (Å²) in [5.74, 6) is 0. The summed E-state index contributed by atoms with van der Waals surface area (Å²) in [6, 6.07) is 13.6. The van der Waals surface area contributed by atoms with Gasteiger partial charge in [-0.1, -0.05) is 36.4 Å². The van der Waals surface area contributed by atoms with Gasteiger partial charge in [-0.15, -0.1) is 11.3 Å². The summed E-state index contributed by atoms with van der Waals surface area (Å²) in [5, 5.41) is 1.80. The second-order valence-electron chi connectivity index (χ2n) is 5.20. The number of hydrogen-bond acceptors (Lipinski definition) is 4. The van der Waals surface area contributed by atoms with Crippen LogP contribution in [0.5, 0.6) is 0 Å². The molecule has 2 heterocycles. The van der Waals surface area contributed by atoms with Gasteiger partial charge in [-0.05, 0) is 24.1 Å². The van der Waals surface area contributed by atoms with Crippen LogP contribution in [0.2, 0.25) is 0 Å². The van der Waals surface area contributed by atoms with Crippen molar-refractivity contribution in [3.63, 3.8) is 0 Å². The molecule has 112 valence electrons. The van der Waals surface area contributed by atoms with E-state index in [2.05, 4.69) is 17.0 Å². The Kier molecular flexibility index (Phi) is 4.12. The van der Waals surface area contributed by atoms with Crippen molar-refractivity contribution in [1.82, 2.24) is 9.21 Å². The molecule has 1 saturated heterocycles. The van der Waals surface area contributed by atoms with Crippen molar-refractivity contribution in [2.24, 2.45) is 0 Å². The molecular formula is C15H18N2O2S2. The summed E-state index contributed by atoms with van der Waals surface area (Å²) in [6.45, 7) is 1.78. The van der Waals surface area contributed by atoms with Crippen molar-refractivity contribution in [3.8, 4) is 0 Å². The Morgan fingerprint density at radius 3 is 2.52 bits per heavy atom. The molecular weight excluding hydrogens is 304 g/mol. The number of hydrogen-bond donors (Lipinski definition) is 0. The van der Waals surface area contributed by atoms with Gasteiger partial charge in [-0.2, -0.15) is 4.31 Å². The first-order chi connectivity index (χ1) is 10.1. The van der Waals surface area contributed by atoms with E-state index in [9.17, 15) is 8.42 Å². The van der Waals surface area contributed by atoms with Crippen LogP contribution in [0.1, 0.15) is 11.6 Å². The fourth-order valence-corrected chi connectivity index (χ4v) is 5.22. The van der Waals surface area contributed by atoms with Gasteiger partial charge in [0.15, 0.2) is 0 Å². The molecule has 0 unspecified atom stereocenters. The van der Waals surface area contributed by atoms with E-state index in [1.54, 1.807) is 21.8 Å². The predicted molar refractivity (Wildman–Crippen MR) is 84.9 cm³/mol. The summed E-state index contributed by atoms with van der Waals surface area (Å²) in [7, 11) is -1.31. The van der Waals surface area contributed by atoms with Crippen molar-refractivity contribution in [3.05, 3.63) is 53.4 Å². The SMILES string of the molecule is CN1CCN(S(=O)(=O)c2cccs2)C[C@@H]1c1ccccc1. The molecule has 0 radical (unpaired) electrons. The molecule has 3 rings (SSSR count). The average molecular weight is 322 g/mol. The van der Waals surface area contributed by atoms with Crippen molar-refractivity contribution in [1.29, 1.82) is 0 Å². The molecule has 0 aliphatic carbocycles. The van der Waals surface area contributed by atoms with Crippen molar-refractivity contribution in [2.45, 2.75) is 10.3 Å². The lowest BCUT2D eigenvalue weighted by Gasteiger charge is -2.38. The number of piperazine rings is 1. The van der Waals surface area contributed by atoms with Crippen LogP contribution in [0.4, 0.5) is 0 Å². The van der Waals surface area contributed by atoms with Crippen LogP contribution >= 0.6 is 11.3 Å². The number of likely N-dealkylation sites (N-methyl/N-ethyl adjacent to an activating group) is 1. The maximum atomic E-state index is 12.6. The second kappa shape index (κ2) is 5.88. The second-order valence-corrected chi connectivity index (χ2v) is 8.31. The maximum Gasteiger partial charge on any atom is 0.252 e. The highest BCUT2D eigenvalue weighted by atomic mass is 32.2. The molecule has 1 aliphatic heterocycles. The molecule has 0 N–H and O–H groups in total. The third-order valence-electron chi connectivity index (χ3n) is 3.88. The highest BCUT2D eigenvalue weighted by Crippen LogP contribution is 2.29. The first-order valence-electron chi connectivity index (χ1n) is 6.88. The predicted octanol–water partition coefficient (Wildman–Crippen LogP) is 2.43. The zero-order valence-electron chi connectivity index (χ0n) is 11.8. The summed E-state index contributed by atoms with van der Waals surface area (Å²) in [5.41, 5.74) is 1.16. The maximum absolute atomic E-state index is 12.6. The smallest absolute Gasteiger partial charge is 0.252 e. The lowest BCUT2D eigenvalue weighted by atomic mass is 10.0. The summed E-state index contributed by atoms with van der Waals surface area (Å²) < 4.78 is 27.3. The Labute approximate surface area is 129 Å². The largest absolute Gasteiger partial charge is 0.297 e. The molecule has 1 aromatic carbocycles. The Morgan fingerprint density at radius 1 is 1.10 bits per heavy atom. The number of rotatable bonds is 3. The number of thiophene rings is 1. The Bertz CT molecular complexity index is 684. The van der Waals surface area contributed by atoms with E-state index in [1.165, 1.54) is 11.3 Å². The number of nitrogens with zero attached hydrogens (tertiary/aromatic N) is 2. The van der Waals surface area contributed by atoms with Crippen LogP contribution in [-0.4, -0.2) is 44.3 Å². The molecule has 1 atom stereocenters. The molecule has 1 aromatic heterocycles. The van der Waals surface area contributed by atoms with Crippen molar-refractivity contribution < 1.29 is 8.42 Å². The monoisotopic (exact) mass is 322 g/mol. The molecule has 0 amide bonds. The van der Waals surface area contributed by atoms with Gasteiger partial charge in [0, 0.05) is 25.7 Å². The molecule has 21 heavy (non-hydrogen) atoms. The zero-order chi connectivity index (χ0) is 14.9. The minimum atomic E-state index is -3.36. The van der Waals surface area contributed by atoms with Crippen LogP contribution in [0.3, 0.4) is 0 Å². The lowest BCUT2D eigenvalue weighted by Crippen LogP contribution is -2.48. The first-order valence-corrected chi connectivity index (χ1v) is 9.20. The molecule has 4 nitrogen and oxygen atoms in total. The minimum Gasteiger partial charge on any atom is -0.297 e. The third kappa shape index (κ3) is 2.89. The van der Waals surface area contributed by atoms with Crippen molar-refractivity contribution >= 4 is 21.4 Å². The number of benzene rings is 1. The van der Waals surface area contributed by atoms with E-state index in [1.807, 2.05) is 25.2 Å². The normalized spacial score (nSPS) is 21.5. The molecule has 2 aromatic rings. The van der Waals surface area contributed by atoms with Crippen LogP contribution in [-0.2, 0) is 10.0 Å². The Balaban J connectivity index is 1.87. The van der Waals surface area contributed by atoms with Gasteiger partial charge < -0.3 is 0 Å².